The highest BCUT2D eigenvalue weighted by molar-refractivity contribution is 7.98. The van der Waals surface area contributed by atoms with Crippen LogP contribution in [0.4, 0.5) is 0 Å². The van der Waals surface area contributed by atoms with Crippen LogP contribution in [0.2, 0.25) is 0 Å². The molecule has 0 aromatic heterocycles. The molecule has 5 nitrogen and oxygen atoms in total. The average molecular weight is 427 g/mol. The van der Waals surface area contributed by atoms with E-state index < -0.39 is 10.0 Å². The third-order valence-electron chi connectivity index (χ3n) is 5.46. The van der Waals surface area contributed by atoms with Gasteiger partial charge < -0.3 is 4.90 Å². The summed E-state index contributed by atoms with van der Waals surface area (Å²) in [5.74, 6) is 0.283. The number of hydrogen-bond donors (Lipinski definition) is 1. The van der Waals surface area contributed by atoms with Crippen molar-refractivity contribution in [2.75, 3.05) is 25.9 Å². The number of thioether (sulfide) groups is 1. The van der Waals surface area contributed by atoms with Gasteiger partial charge in [-0.2, -0.15) is 0 Å². The molecule has 1 N–H and O–H groups in total. The fourth-order valence-corrected chi connectivity index (χ4v) is 5.26. The second kappa shape index (κ2) is 11.2. The number of hydrogen-bond acceptors (Lipinski definition) is 4. The first-order valence-corrected chi connectivity index (χ1v) is 13.1. The summed E-state index contributed by atoms with van der Waals surface area (Å²) in [6, 6.07) is 4.91. The van der Waals surface area contributed by atoms with Crippen molar-refractivity contribution in [2.45, 2.75) is 68.6 Å². The molecule has 0 spiro atoms. The molecule has 1 aliphatic heterocycles. The van der Waals surface area contributed by atoms with Gasteiger partial charge in [0.25, 0.3) is 5.91 Å². The van der Waals surface area contributed by atoms with Gasteiger partial charge in [-0.15, -0.1) is 11.8 Å². The van der Waals surface area contributed by atoms with E-state index in [0.717, 1.165) is 62.9 Å². The standard InChI is InChI=1S/C21H34N2O3S2/c1-4-6-10-17(5-2)16-22-28(25,26)18-11-12-20(27-3)19(15-18)21(24)23-13-8-7-9-14-23/h11-12,15,17,22H,4-10,13-14,16H2,1-3H3. The van der Waals surface area contributed by atoms with E-state index in [1.54, 1.807) is 18.2 Å². The predicted molar refractivity (Wildman–Crippen MR) is 116 cm³/mol. The quantitative estimate of drug-likeness (QED) is 0.558. The second-order valence-electron chi connectivity index (χ2n) is 7.48. The van der Waals surface area contributed by atoms with E-state index in [1.807, 2.05) is 11.2 Å². The van der Waals surface area contributed by atoms with Crippen molar-refractivity contribution in [3.05, 3.63) is 23.8 Å². The highest BCUT2D eigenvalue weighted by Gasteiger charge is 2.24. The Labute approximate surface area is 174 Å². The summed E-state index contributed by atoms with van der Waals surface area (Å²) in [6.45, 7) is 6.18. The molecule has 1 unspecified atom stereocenters. The molecule has 1 amide bonds. The van der Waals surface area contributed by atoms with Crippen molar-refractivity contribution in [3.8, 4) is 0 Å². The predicted octanol–water partition coefficient (Wildman–Crippen LogP) is 4.53. The van der Waals surface area contributed by atoms with E-state index in [2.05, 4.69) is 18.6 Å². The minimum atomic E-state index is -3.63. The molecular weight excluding hydrogens is 392 g/mol. The molecule has 2 rings (SSSR count). The van der Waals surface area contributed by atoms with Gasteiger partial charge >= 0.3 is 0 Å². The smallest absolute Gasteiger partial charge is 0.255 e. The molecule has 1 saturated heterocycles. The molecule has 0 bridgehead atoms. The van der Waals surface area contributed by atoms with E-state index in [4.69, 9.17) is 0 Å². The maximum Gasteiger partial charge on any atom is 0.255 e. The van der Waals surface area contributed by atoms with Crippen molar-refractivity contribution in [1.82, 2.24) is 9.62 Å². The number of amides is 1. The Kier molecular flexibility index (Phi) is 9.31. The number of sulfonamides is 1. The van der Waals surface area contributed by atoms with Gasteiger partial charge in [-0.25, -0.2) is 13.1 Å². The monoisotopic (exact) mass is 426 g/mol. The molecule has 1 aromatic rings. The zero-order valence-electron chi connectivity index (χ0n) is 17.4. The molecule has 28 heavy (non-hydrogen) atoms. The lowest BCUT2D eigenvalue weighted by atomic mass is 10.00. The Morgan fingerprint density at radius 3 is 2.54 bits per heavy atom. The molecule has 0 saturated carbocycles. The number of nitrogens with one attached hydrogen (secondary N) is 1. The van der Waals surface area contributed by atoms with Crippen molar-refractivity contribution in [2.24, 2.45) is 5.92 Å². The van der Waals surface area contributed by atoms with Gasteiger partial charge in [-0.1, -0.05) is 33.1 Å². The van der Waals surface area contributed by atoms with Crippen LogP contribution in [0.25, 0.3) is 0 Å². The Balaban J connectivity index is 2.19. The number of carbonyl (C=O) groups is 1. The zero-order valence-corrected chi connectivity index (χ0v) is 19.0. The van der Waals surface area contributed by atoms with Crippen LogP contribution in [0.15, 0.2) is 28.0 Å². The van der Waals surface area contributed by atoms with Gasteiger partial charge in [0.05, 0.1) is 10.5 Å². The van der Waals surface area contributed by atoms with Crippen LogP contribution in [-0.2, 0) is 10.0 Å². The van der Waals surface area contributed by atoms with Crippen molar-refractivity contribution >= 4 is 27.7 Å². The SMILES string of the molecule is CCCCC(CC)CNS(=O)(=O)c1ccc(SC)c(C(=O)N2CCCCC2)c1. The molecule has 158 valence electrons. The van der Waals surface area contributed by atoms with E-state index in [1.165, 1.54) is 11.8 Å². The van der Waals surface area contributed by atoms with E-state index in [0.29, 0.717) is 18.0 Å². The number of rotatable bonds is 10. The van der Waals surface area contributed by atoms with Crippen molar-refractivity contribution in [1.29, 1.82) is 0 Å². The summed E-state index contributed by atoms with van der Waals surface area (Å²) in [5.41, 5.74) is 0.496. The molecule has 1 heterocycles. The summed E-state index contributed by atoms with van der Waals surface area (Å²) in [5, 5.41) is 0. The summed E-state index contributed by atoms with van der Waals surface area (Å²) in [4.78, 5) is 15.8. The van der Waals surface area contributed by atoms with Crippen LogP contribution >= 0.6 is 11.8 Å². The van der Waals surface area contributed by atoms with Crippen LogP contribution in [0, 0.1) is 5.92 Å². The number of likely N-dealkylation sites (tertiary alicyclic amines) is 1. The highest BCUT2D eigenvalue weighted by atomic mass is 32.2. The number of carbonyl (C=O) groups excluding carboxylic acids is 1. The third-order valence-corrected chi connectivity index (χ3v) is 7.68. The minimum Gasteiger partial charge on any atom is -0.339 e. The molecule has 1 aromatic carbocycles. The summed E-state index contributed by atoms with van der Waals surface area (Å²) in [6.07, 6.45) is 9.28. The largest absolute Gasteiger partial charge is 0.339 e. The zero-order chi connectivity index (χ0) is 20.6. The maximum atomic E-state index is 13.0. The molecule has 1 aliphatic rings. The average Bonchev–Trinajstić information content (AvgIpc) is 2.73. The minimum absolute atomic E-state index is 0.0597. The Morgan fingerprint density at radius 1 is 1.21 bits per heavy atom. The fourth-order valence-electron chi connectivity index (χ4n) is 3.54. The second-order valence-corrected chi connectivity index (χ2v) is 10.1. The summed E-state index contributed by atoms with van der Waals surface area (Å²) < 4.78 is 28.4. The molecular formula is C21H34N2O3S2. The van der Waals surface area contributed by atoms with Gasteiger partial charge in [0, 0.05) is 24.5 Å². The molecule has 1 atom stereocenters. The fraction of sp³-hybridized carbons (Fsp3) is 0.667. The number of benzene rings is 1. The summed E-state index contributed by atoms with van der Waals surface area (Å²) in [7, 11) is -3.63. The van der Waals surface area contributed by atoms with Crippen molar-refractivity contribution in [3.63, 3.8) is 0 Å². The van der Waals surface area contributed by atoms with Gasteiger partial charge in [-0.3, -0.25) is 4.79 Å². The number of unbranched alkanes of at least 4 members (excludes halogenated alkanes) is 1. The Morgan fingerprint density at radius 2 is 1.93 bits per heavy atom. The maximum absolute atomic E-state index is 13.0. The van der Waals surface area contributed by atoms with Crippen LogP contribution in [0.1, 0.15) is 69.2 Å². The van der Waals surface area contributed by atoms with Gasteiger partial charge in [0.1, 0.15) is 0 Å². The van der Waals surface area contributed by atoms with Crippen LogP contribution in [-0.4, -0.2) is 45.1 Å². The van der Waals surface area contributed by atoms with Crippen molar-refractivity contribution < 1.29 is 13.2 Å². The number of piperidine rings is 1. The third kappa shape index (κ3) is 6.22. The Hall–Kier alpha value is -1.05. The van der Waals surface area contributed by atoms with Crippen LogP contribution in [0.3, 0.4) is 0 Å². The lowest BCUT2D eigenvalue weighted by Crippen LogP contribution is -2.36. The normalized spacial score (nSPS) is 16.2. The molecule has 0 aliphatic carbocycles. The first-order chi connectivity index (χ1) is 13.4. The van der Waals surface area contributed by atoms with Gasteiger partial charge in [0.15, 0.2) is 0 Å². The van der Waals surface area contributed by atoms with Gasteiger partial charge in [-0.05, 0) is 56.1 Å². The van der Waals surface area contributed by atoms with E-state index in [-0.39, 0.29) is 10.8 Å². The molecule has 0 radical (unpaired) electrons. The molecule has 7 heteroatoms. The Bertz CT molecular complexity index is 744. The highest BCUT2D eigenvalue weighted by Crippen LogP contribution is 2.26. The summed E-state index contributed by atoms with van der Waals surface area (Å²) >= 11 is 1.48. The topological polar surface area (TPSA) is 66.5 Å². The lowest BCUT2D eigenvalue weighted by molar-refractivity contribution is 0.0720. The van der Waals surface area contributed by atoms with Gasteiger partial charge in [0.2, 0.25) is 10.0 Å². The lowest BCUT2D eigenvalue weighted by Gasteiger charge is -2.27. The molecule has 1 fully saturated rings. The van der Waals surface area contributed by atoms with Crippen LogP contribution in [0.5, 0.6) is 0 Å². The number of nitrogens with zero attached hydrogens (tertiary/aromatic N) is 1. The van der Waals surface area contributed by atoms with E-state index in [9.17, 15) is 13.2 Å². The van der Waals surface area contributed by atoms with E-state index >= 15 is 0 Å². The van der Waals surface area contributed by atoms with Crippen LogP contribution < -0.4 is 4.72 Å². The first-order valence-electron chi connectivity index (χ1n) is 10.4. The first kappa shape index (κ1) is 23.2.